The highest BCUT2D eigenvalue weighted by Gasteiger charge is 2.35. The van der Waals surface area contributed by atoms with Crippen molar-refractivity contribution in [2.75, 3.05) is 0 Å². The summed E-state index contributed by atoms with van der Waals surface area (Å²) in [5.41, 5.74) is -0.255. The third kappa shape index (κ3) is 6.27. The minimum Gasteiger partial charge on any atom is -0.465 e. The van der Waals surface area contributed by atoms with Gasteiger partial charge < -0.3 is 15.7 Å². The first kappa shape index (κ1) is 22.3. The van der Waals surface area contributed by atoms with Crippen molar-refractivity contribution in [2.24, 2.45) is 5.41 Å². The van der Waals surface area contributed by atoms with Crippen LogP contribution < -0.4 is 10.6 Å². The highest BCUT2D eigenvalue weighted by Crippen LogP contribution is 2.26. The van der Waals surface area contributed by atoms with Gasteiger partial charge in [0, 0.05) is 15.9 Å². The summed E-state index contributed by atoms with van der Waals surface area (Å²) in [6.45, 7) is 5.46. The zero-order chi connectivity index (χ0) is 21.1. The van der Waals surface area contributed by atoms with Gasteiger partial charge in [-0.3, -0.25) is 4.79 Å². The van der Waals surface area contributed by atoms with Gasteiger partial charge in [0.1, 0.15) is 11.6 Å². The summed E-state index contributed by atoms with van der Waals surface area (Å²) in [7, 11) is 0. The fraction of sp³-hybridized carbons (Fsp3) is 0.368. The van der Waals surface area contributed by atoms with E-state index in [9.17, 15) is 23.5 Å². The lowest BCUT2D eigenvalue weighted by molar-refractivity contribution is 0.0904. The second-order valence-electron chi connectivity index (χ2n) is 7.48. The third-order valence-electron chi connectivity index (χ3n) is 4.10. The molecule has 1 heterocycles. The molecular weight excluding hydrogens is 454 g/mol. The summed E-state index contributed by atoms with van der Waals surface area (Å²) < 4.78 is 28.0. The molecule has 0 aliphatic rings. The molecule has 2 amide bonds. The van der Waals surface area contributed by atoms with Crippen molar-refractivity contribution in [3.8, 4) is 0 Å². The molecule has 0 fully saturated rings. The van der Waals surface area contributed by atoms with Gasteiger partial charge in [0.15, 0.2) is 0 Å². The molecule has 1 unspecified atom stereocenters. The standard InChI is InChI=1S/C19H21BrF2N2O3S/c1-19(2,3)16(24-18(26)27)14(6-10-4-12(21)8-13(22)5-10)23-17(25)15-7-11(20)9-28-15/h4-5,7-9,14,16,24H,6H2,1-3H3,(H,23,25)(H,26,27)/t14-,16?/m0/s1. The van der Waals surface area contributed by atoms with Gasteiger partial charge in [-0.25, -0.2) is 13.6 Å². The Morgan fingerprint density at radius 3 is 2.21 bits per heavy atom. The van der Waals surface area contributed by atoms with Crippen molar-refractivity contribution in [3.63, 3.8) is 0 Å². The SMILES string of the molecule is CC(C)(C)C(NC(=O)O)[C@H](Cc1cc(F)cc(F)c1)NC(=O)c1cc(Br)cs1. The number of hydrogen-bond acceptors (Lipinski definition) is 3. The quantitative estimate of drug-likeness (QED) is 0.561. The van der Waals surface area contributed by atoms with Crippen LogP contribution in [0, 0.1) is 17.0 Å². The molecule has 1 aromatic carbocycles. The van der Waals surface area contributed by atoms with Crippen LogP contribution in [0.3, 0.4) is 0 Å². The number of carbonyl (C=O) groups is 2. The summed E-state index contributed by atoms with van der Waals surface area (Å²) in [6, 6.07) is 3.32. The molecule has 2 aromatic rings. The van der Waals surface area contributed by atoms with Gasteiger partial charge in [0.05, 0.1) is 17.0 Å². The van der Waals surface area contributed by atoms with E-state index in [0.717, 1.165) is 10.5 Å². The molecule has 0 bridgehead atoms. The summed E-state index contributed by atoms with van der Waals surface area (Å²) in [4.78, 5) is 24.4. The fourth-order valence-corrected chi connectivity index (χ4v) is 4.29. The molecule has 0 saturated carbocycles. The van der Waals surface area contributed by atoms with E-state index in [2.05, 4.69) is 26.6 Å². The maximum absolute atomic E-state index is 13.6. The van der Waals surface area contributed by atoms with Crippen molar-refractivity contribution in [1.29, 1.82) is 0 Å². The second-order valence-corrected chi connectivity index (χ2v) is 9.31. The molecule has 3 N–H and O–H groups in total. The number of halogens is 3. The van der Waals surface area contributed by atoms with Crippen LogP contribution in [0.4, 0.5) is 13.6 Å². The van der Waals surface area contributed by atoms with Crippen molar-refractivity contribution < 1.29 is 23.5 Å². The van der Waals surface area contributed by atoms with E-state index in [1.807, 2.05) is 20.8 Å². The topological polar surface area (TPSA) is 78.4 Å². The Kier molecular flexibility index (Phi) is 7.16. The highest BCUT2D eigenvalue weighted by atomic mass is 79.9. The van der Waals surface area contributed by atoms with Crippen molar-refractivity contribution in [2.45, 2.75) is 39.3 Å². The minimum atomic E-state index is -1.25. The Morgan fingerprint density at radius 2 is 1.75 bits per heavy atom. The lowest BCUT2D eigenvalue weighted by Crippen LogP contribution is -2.58. The molecule has 0 saturated heterocycles. The highest BCUT2D eigenvalue weighted by molar-refractivity contribution is 9.10. The van der Waals surface area contributed by atoms with Gasteiger partial charge in [-0.05, 0) is 51.5 Å². The smallest absolute Gasteiger partial charge is 0.404 e. The molecule has 1 aromatic heterocycles. The van der Waals surface area contributed by atoms with E-state index in [4.69, 9.17) is 0 Å². The van der Waals surface area contributed by atoms with Gasteiger partial charge in [-0.15, -0.1) is 11.3 Å². The Bertz CT molecular complexity index is 847. The lowest BCUT2D eigenvalue weighted by atomic mass is 9.80. The first-order valence-electron chi connectivity index (χ1n) is 8.45. The normalized spacial score (nSPS) is 13.6. The Balaban J connectivity index is 2.37. The predicted molar refractivity (Wildman–Crippen MR) is 108 cm³/mol. The molecule has 0 aliphatic heterocycles. The zero-order valence-corrected chi connectivity index (χ0v) is 18.0. The first-order chi connectivity index (χ1) is 13.0. The molecular formula is C19H21BrF2N2O3S. The average Bonchev–Trinajstić information content (AvgIpc) is 2.96. The minimum absolute atomic E-state index is 0.0508. The van der Waals surface area contributed by atoms with Gasteiger partial charge in [-0.1, -0.05) is 20.8 Å². The number of rotatable bonds is 6. The van der Waals surface area contributed by atoms with Crippen molar-refractivity contribution in [3.05, 3.63) is 56.2 Å². The van der Waals surface area contributed by atoms with Crippen LogP contribution in [0.5, 0.6) is 0 Å². The first-order valence-corrected chi connectivity index (χ1v) is 10.1. The van der Waals surface area contributed by atoms with Crippen LogP contribution in [0.15, 0.2) is 34.1 Å². The van der Waals surface area contributed by atoms with Crippen LogP contribution in [0.1, 0.15) is 36.0 Å². The Labute approximate surface area is 174 Å². The van der Waals surface area contributed by atoms with Gasteiger partial charge in [0.2, 0.25) is 0 Å². The number of carbonyl (C=O) groups excluding carboxylic acids is 1. The van der Waals surface area contributed by atoms with E-state index >= 15 is 0 Å². The van der Waals surface area contributed by atoms with Crippen molar-refractivity contribution >= 4 is 39.3 Å². The second kappa shape index (κ2) is 9.00. The number of carboxylic acid groups (broad SMARTS) is 1. The largest absolute Gasteiger partial charge is 0.465 e. The molecule has 0 aliphatic carbocycles. The van der Waals surface area contributed by atoms with Crippen LogP contribution >= 0.6 is 27.3 Å². The monoisotopic (exact) mass is 474 g/mol. The van der Waals surface area contributed by atoms with E-state index in [1.165, 1.54) is 23.5 Å². The summed E-state index contributed by atoms with van der Waals surface area (Å²) in [5.74, 6) is -1.86. The Morgan fingerprint density at radius 1 is 1.14 bits per heavy atom. The van der Waals surface area contributed by atoms with Gasteiger partial charge in [-0.2, -0.15) is 0 Å². The van der Waals surface area contributed by atoms with Crippen LogP contribution in [0.25, 0.3) is 0 Å². The zero-order valence-electron chi connectivity index (χ0n) is 15.6. The van der Waals surface area contributed by atoms with Crippen LogP contribution in [0.2, 0.25) is 0 Å². The average molecular weight is 475 g/mol. The molecule has 152 valence electrons. The predicted octanol–water partition coefficient (Wildman–Crippen LogP) is 4.81. The molecule has 0 spiro atoms. The number of thiophene rings is 1. The molecule has 5 nitrogen and oxygen atoms in total. The lowest BCUT2D eigenvalue weighted by Gasteiger charge is -2.37. The van der Waals surface area contributed by atoms with Crippen LogP contribution in [-0.4, -0.2) is 29.2 Å². The third-order valence-corrected chi connectivity index (χ3v) is 5.79. The fourth-order valence-electron chi connectivity index (χ4n) is 2.96. The maximum Gasteiger partial charge on any atom is 0.404 e. The maximum atomic E-state index is 13.6. The van der Waals surface area contributed by atoms with E-state index in [-0.39, 0.29) is 12.3 Å². The number of benzene rings is 1. The van der Waals surface area contributed by atoms with Crippen LogP contribution in [-0.2, 0) is 6.42 Å². The van der Waals surface area contributed by atoms with Gasteiger partial charge >= 0.3 is 6.09 Å². The molecule has 2 atom stereocenters. The summed E-state index contributed by atoms with van der Waals surface area (Å²) in [5, 5.41) is 16.3. The van der Waals surface area contributed by atoms with Crippen molar-refractivity contribution in [1.82, 2.24) is 10.6 Å². The number of nitrogens with one attached hydrogen (secondary N) is 2. The Hall–Kier alpha value is -2.00. The number of amides is 2. The summed E-state index contributed by atoms with van der Waals surface area (Å²) >= 11 is 4.52. The van der Waals surface area contributed by atoms with E-state index in [0.29, 0.717) is 10.4 Å². The molecule has 2 rings (SSSR count). The molecule has 28 heavy (non-hydrogen) atoms. The number of hydrogen-bond donors (Lipinski definition) is 3. The van der Waals surface area contributed by atoms with E-state index < -0.39 is 35.2 Å². The molecule has 9 heteroatoms. The summed E-state index contributed by atoms with van der Waals surface area (Å²) in [6.07, 6.45) is -1.20. The molecule has 0 radical (unpaired) electrons. The van der Waals surface area contributed by atoms with E-state index in [1.54, 1.807) is 11.4 Å². The van der Waals surface area contributed by atoms with Gasteiger partial charge in [0.25, 0.3) is 5.91 Å².